The van der Waals surface area contributed by atoms with E-state index in [-0.39, 0.29) is 11.3 Å². The summed E-state index contributed by atoms with van der Waals surface area (Å²) >= 11 is 0. The summed E-state index contributed by atoms with van der Waals surface area (Å²) in [5.74, 6) is -1.39. The van der Waals surface area contributed by atoms with Crippen molar-refractivity contribution in [1.29, 1.82) is 0 Å². The number of aromatic nitrogens is 1. The van der Waals surface area contributed by atoms with Crippen LogP contribution in [0.4, 0.5) is 13.2 Å². The zero-order chi connectivity index (χ0) is 15.1. The molecule has 2 aromatic rings. The summed E-state index contributed by atoms with van der Waals surface area (Å²) in [6.45, 7) is 3.49. The van der Waals surface area contributed by atoms with Crippen molar-refractivity contribution in [2.75, 3.05) is 0 Å². The van der Waals surface area contributed by atoms with Gasteiger partial charge in [-0.3, -0.25) is 0 Å². The highest BCUT2D eigenvalue weighted by atomic mass is 19.4. The second-order valence-electron chi connectivity index (χ2n) is 4.52. The molecule has 0 saturated carbocycles. The van der Waals surface area contributed by atoms with Crippen molar-refractivity contribution in [2.24, 2.45) is 0 Å². The summed E-state index contributed by atoms with van der Waals surface area (Å²) < 4.78 is 40.1. The summed E-state index contributed by atoms with van der Waals surface area (Å²) in [4.78, 5) is 11.0. The topological polar surface area (TPSA) is 42.2 Å². The van der Waals surface area contributed by atoms with E-state index < -0.39 is 17.7 Å². The van der Waals surface area contributed by atoms with E-state index in [1.807, 2.05) is 0 Å². The first kappa shape index (κ1) is 14.2. The van der Waals surface area contributed by atoms with Crippen LogP contribution in [0.2, 0.25) is 0 Å². The average molecular weight is 283 g/mol. The number of hydrogen-bond acceptors (Lipinski definition) is 1. The van der Waals surface area contributed by atoms with Gasteiger partial charge < -0.3 is 9.67 Å². The Labute approximate surface area is 113 Å². The van der Waals surface area contributed by atoms with Gasteiger partial charge in [-0.05, 0) is 44.2 Å². The molecule has 0 amide bonds. The molecule has 1 aromatic carbocycles. The van der Waals surface area contributed by atoms with Crippen molar-refractivity contribution in [1.82, 2.24) is 4.57 Å². The molecule has 0 saturated heterocycles. The number of carboxylic acids is 1. The molecule has 0 radical (unpaired) electrons. The van der Waals surface area contributed by atoms with E-state index >= 15 is 0 Å². The fourth-order valence-corrected chi connectivity index (χ4v) is 2.10. The Morgan fingerprint density at radius 1 is 1.10 bits per heavy atom. The van der Waals surface area contributed by atoms with Gasteiger partial charge in [-0.15, -0.1) is 0 Å². The number of alkyl halides is 3. The molecule has 0 fully saturated rings. The summed E-state index contributed by atoms with van der Waals surface area (Å²) in [5, 5.41) is 8.96. The normalized spacial score (nSPS) is 11.7. The van der Waals surface area contributed by atoms with Crippen molar-refractivity contribution < 1.29 is 23.1 Å². The summed E-state index contributed by atoms with van der Waals surface area (Å²) in [6, 6.07) is 6.34. The molecule has 0 bridgehead atoms. The van der Waals surface area contributed by atoms with Gasteiger partial charge in [0.1, 0.15) is 0 Å². The van der Waals surface area contributed by atoms with Crippen LogP contribution in [-0.4, -0.2) is 15.6 Å². The summed E-state index contributed by atoms with van der Waals surface area (Å²) in [5.41, 5.74) is 0.302. The average Bonchev–Trinajstić information content (AvgIpc) is 2.67. The third-order valence-corrected chi connectivity index (χ3v) is 3.02. The molecule has 1 aromatic heterocycles. The minimum Gasteiger partial charge on any atom is -0.478 e. The number of aryl methyl sites for hydroxylation is 2. The molecule has 20 heavy (non-hydrogen) atoms. The van der Waals surface area contributed by atoms with Gasteiger partial charge in [-0.1, -0.05) is 0 Å². The lowest BCUT2D eigenvalue weighted by Gasteiger charge is -2.14. The van der Waals surface area contributed by atoms with Gasteiger partial charge in [0.25, 0.3) is 0 Å². The van der Waals surface area contributed by atoms with E-state index in [4.69, 9.17) is 5.11 Å². The summed E-state index contributed by atoms with van der Waals surface area (Å²) in [7, 11) is 0. The van der Waals surface area contributed by atoms with Gasteiger partial charge >= 0.3 is 12.1 Å². The Hall–Kier alpha value is -2.24. The van der Waals surface area contributed by atoms with Crippen LogP contribution in [0.1, 0.15) is 27.3 Å². The molecular formula is C14H12F3NO2. The lowest BCUT2D eigenvalue weighted by Crippen LogP contribution is -2.10. The lowest BCUT2D eigenvalue weighted by atomic mass is 10.1. The first-order valence-electron chi connectivity index (χ1n) is 5.81. The molecule has 3 nitrogen and oxygen atoms in total. The van der Waals surface area contributed by atoms with E-state index in [2.05, 4.69) is 0 Å². The Bertz CT molecular complexity index is 652. The molecule has 0 atom stereocenters. The second kappa shape index (κ2) is 4.70. The molecule has 0 aliphatic carbocycles. The molecule has 6 heteroatoms. The molecule has 1 N–H and O–H groups in total. The fourth-order valence-electron chi connectivity index (χ4n) is 2.10. The van der Waals surface area contributed by atoms with Crippen molar-refractivity contribution in [3.8, 4) is 5.69 Å². The standard InChI is InChI=1S/C14H12F3NO2/c1-8-3-4-9(2)18(8)12-6-10(13(19)20)5-11(7-12)14(15,16)17/h3-7H,1-2H3,(H,19,20). The molecule has 0 spiro atoms. The highest BCUT2D eigenvalue weighted by Gasteiger charge is 2.32. The zero-order valence-electron chi connectivity index (χ0n) is 10.8. The van der Waals surface area contributed by atoms with Crippen LogP contribution in [0.15, 0.2) is 30.3 Å². The van der Waals surface area contributed by atoms with Gasteiger partial charge in [-0.2, -0.15) is 13.2 Å². The van der Waals surface area contributed by atoms with Crippen LogP contribution in [0.25, 0.3) is 5.69 Å². The number of carbonyl (C=O) groups is 1. The Balaban J connectivity index is 2.71. The number of carboxylic acid groups (broad SMARTS) is 1. The highest BCUT2D eigenvalue weighted by Crippen LogP contribution is 2.32. The van der Waals surface area contributed by atoms with Crippen LogP contribution in [-0.2, 0) is 6.18 Å². The van der Waals surface area contributed by atoms with Crippen LogP contribution >= 0.6 is 0 Å². The number of nitrogens with zero attached hydrogens (tertiary/aromatic N) is 1. The van der Waals surface area contributed by atoms with E-state index in [1.54, 1.807) is 30.5 Å². The Morgan fingerprint density at radius 3 is 2.10 bits per heavy atom. The van der Waals surface area contributed by atoms with E-state index in [0.29, 0.717) is 6.07 Å². The predicted molar refractivity (Wildman–Crippen MR) is 67.2 cm³/mol. The maximum atomic E-state index is 12.9. The molecular weight excluding hydrogens is 271 g/mol. The van der Waals surface area contributed by atoms with E-state index in [0.717, 1.165) is 17.5 Å². The fraction of sp³-hybridized carbons (Fsp3) is 0.214. The molecule has 0 aliphatic heterocycles. The zero-order valence-corrected chi connectivity index (χ0v) is 10.8. The first-order chi connectivity index (χ1) is 9.20. The monoisotopic (exact) mass is 283 g/mol. The van der Waals surface area contributed by atoms with Crippen LogP contribution in [0.5, 0.6) is 0 Å². The third-order valence-electron chi connectivity index (χ3n) is 3.02. The van der Waals surface area contributed by atoms with Crippen LogP contribution in [0.3, 0.4) is 0 Å². The van der Waals surface area contributed by atoms with Crippen LogP contribution < -0.4 is 0 Å². The minimum absolute atomic E-state index is 0.192. The number of hydrogen-bond donors (Lipinski definition) is 1. The van der Waals surface area contributed by atoms with E-state index in [9.17, 15) is 18.0 Å². The highest BCUT2D eigenvalue weighted by molar-refractivity contribution is 5.88. The second-order valence-corrected chi connectivity index (χ2v) is 4.52. The maximum Gasteiger partial charge on any atom is 0.416 e. The van der Waals surface area contributed by atoms with Crippen molar-refractivity contribution in [3.63, 3.8) is 0 Å². The maximum absolute atomic E-state index is 12.9. The van der Waals surface area contributed by atoms with Crippen molar-refractivity contribution in [2.45, 2.75) is 20.0 Å². The number of benzene rings is 1. The smallest absolute Gasteiger partial charge is 0.416 e. The van der Waals surface area contributed by atoms with Crippen molar-refractivity contribution >= 4 is 5.97 Å². The first-order valence-corrected chi connectivity index (χ1v) is 5.81. The predicted octanol–water partition coefficient (Wildman–Crippen LogP) is 3.81. The van der Waals surface area contributed by atoms with Gasteiger partial charge in [-0.25, -0.2) is 4.79 Å². The summed E-state index contributed by atoms with van der Waals surface area (Å²) in [6.07, 6.45) is -4.59. The minimum atomic E-state index is -4.59. The number of rotatable bonds is 2. The Kier molecular flexibility index (Phi) is 3.33. The lowest BCUT2D eigenvalue weighted by molar-refractivity contribution is -0.137. The van der Waals surface area contributed by atoms with Gasteiger partial charge in [0.05, 0.1) is 11.1 Å². The third kappa shape index (κ3) is 2.54. The number of aromatic carboxylic acids is 1. The van der Waals surface area contributed by atoms with Gasteiger partial charge in [0, 0.05) is 17.1 Å². The van der Waals surface area contributed by atoms with Crippen molar-refractivity contribution in [3.05, 3.63) is 52.8 Å². The quantitative estimate of drug-likeness (QED) is 0.910. The molecule has 0 aliphatic rings. The number of halogens is 3. The van der Waals surface area contributed by atoms with Gasteiger partial charge in [0.2, 0.25) is 0 Å². The SMILES string of the molecule is Cc1ccc(C)n1-c1cc(C(=O)O)cc(C(F)(F)F)c1. The molecule has 2 rings (SSSR count). The van der Waals surface area contributed by atoms with Gasteiger partial charge in [0.15, 0.2) is 0 Å². The van der Waals surface area contributed by atoms with Crippen LogP contribution in [0, 0.1) is 13.8 Å². The Morgan fingerprint density at radius 2 is 1.65 bits per heavy atom. The molecule has 0 unspecified atom stereocenters. The molecule has 1 heterocycles. The molecule has 106 valence electrons. The van der Waals surface area contributed by atoms with E-state index in [1.165, 1.54) is 6.07 Å². The largest absolute Gasteiger partial charge is 0.478 e.